The lowest BCUT2D eigenvalue weighted by Gasteiger charge is -2.22. The Labute approximate surface area is 127 Å². The highest BCUT2D eigenvalue weighted by Gasteiger charge is 2.17. The summed E-state index contributed by atoms with van der Waals surface area (Å²) in [5.41, 5.74) is 4.87. The number of hydrogen-bond donors (Lipinski definition) is 1. The van der Waals surface area contributed by atoms with E-state index in [-0.39, 0.29) is 6.04 Å². The Morgan fingerprint density at radius 2 is 2.05 bits per heavy atom. The van der Waals surface area contributed by atoms with Gasteiger partial charge in [-0.25, -0.2) is 0 Å². The second-order valence-corrected chi connectivity index (χ2v) is 5.35. The second-order valence-electron chi connectivity index (χ2n) is 5.35. The zero-order chi connectivity index (χ0) is 15.2. The van der Waals surface area contributed by atoms with Gasteiger partial charge in [-0.3, -0.25) is 4.98 Å². The normalized spacial score (nSPS) is 12.2. The summed E-state index contributed by atoms with van der Waals surface area (Å²) in [7, 11) is 1.72. The third kappa shape index (κ3) is 3.61. The predicted molar refractivity (Wildman–Crippen MR) is 86.8 cm³/mol. The number of aromatic nitrogens is 1. The minimum Gasteiger partial charge on any atom is -0.496 e. The van der Waals surface area contributed by atoms with Crippen LogP contribution in [-0.4, -0.2) is 18.6 Å². The van der Waals surface area contributed by atoms with Crippen LogP contribution < -0.4 is 10.1 Å². The van der Waals surface area contributed by atoms with E-state index in [0.717, 1.165) is 24.3 Å². The fourth-order valence-corrected chi connectivity index (χ4v) is 2.59. The Morgan fingerprint density at radius 1 is 1.24 bits per heavy atom. The Hall–Kier alpha value is -1.87. The molecule has 1 aromatic heterocycles. The van der Waals surface area contributed by atoms with Gasteiger partial charge in [-0.1, -0.05) is 19.1 Å². The van der Waals surface area contributed by atoms with Gasteiger partial charge in [0.05, 0.1) is 13.2 Å². The van der Waals surface area contributed by atoms with Gasteiger partial charge < -0.3 is 10.1 Å². The van der Waals surface area contributed by atoms with Crippen molar-refractivity contribution in [2.24, 2.45) is 0 Å². The van der Waals surface area contributed by atoms with Crippen LogP contribution >= 0.6 is 0 Å². The number of methoxy groups -OCH3 is 1. The highest BCUT2D eigenvalue weighted by molar-refractivity contribution is 5.45. The summed E-state index contributed by atoms with van der Waals surface area (Å²) in [6.45, 7) is 7.37. The monoisotopic (exact) mass is 284 g/mol. The molecule has 0 aliphatic carbocycles. The van der Waals surface area contributed by atoms with Crippen LogP contribution in [0.3, 0.4) is 0 Å². The molecule has 1 heterocycles. The van der Waals surface area contributed by atoms with Crippen molar-refractivity contribution in [3.63, 3.8) is 0 Å². The van der Waals surface area contributed by atoms with E-state index in [1.54, 1.807) is 7.11 Å². The molecule has 1 atom stereocenters. The van der Waals surface area contributed by atoms with Crippen LogP contribution in [-0.2, 0) is 0 Å². The minimum atomic E-state index is 0.170. The number of pyridine rings is 1. The van der Waals surface area contributed by atoms with E-state index in [1.807, 2.05) is 18.5 Å². The zero-order valence-electron chi connectivity index (χ0n) is 13.3. The first-order chi connectivity index (χ1) is 10.2. The quantitative estimate of drug-likeness (QED) is 0.876. The molecule has 0 fully saturated rings. The van der Waals surface area contributed by atoms with Crippen LogP contribution in [0, 0.1) is 13.8 Å². The zero-order valence-corrected chi connectivity index (χ0v) is 13.3. The molecule has 1 N–H and O–H groups in total. The third-order valence-corrected chi connectivity index (χ3v) is 3.71. The van der Waals surface area contributed by atoms with Crippen molar-refractivity contribution in [3.8, 4) is 5.75 Å². The van der Waals surface area contributed by atoms with E-state index in [4.69, 9.17) is 4.74 Å². The first-order valence-corrected chi connectivity index (χ1v) is 7.45. The molecule has 112 valence electrons. The highest BCUT2D eigenvalue weighted by atomic mass is 16.5. The molecule has 0 aliphatic rings. The number of nitrogens with zero attached hydrogens (tertiary/aromatic N) is 1. The molecule has 1 unspecified atom stereocenters. The van der Waals surface area contributed by atoms with Gasteiger partial charge in [-0.2, -0.15) is 0 Å². The lowest BCUT2D eigenvalue weighted by molar-refractivity contribution is 0.411. The topological polar surface area (TPSA) is 34.2 Å². The van der Waals surface area contributed by atoms with Gasteiger partial charge in [-0.05, 0) is 61.2 Å². The van der Waals surface area contributed by atoms with Gasteiger partial charge in [0.25, 0.3) is 0 Å². The minimum absolute atomic E-state index is 0.170. The molecule has 3 heteroatoms. The Morgan fingerprint density at radius 3 is 2.67 bits per heavy atom. The van der Waals surface area contributed by atoms with Gasteiger partial charge >= 0.3 is 0 Å². The van der Waals surface area contributed by atoms with Crippen LogP contribution in [0.5, 0.6) is 5.75 Å². The average Bonchev–Trinajstić information content (AvgIpc) is 2.51. The number of aryl methyl sites for hydroxylation is 2. The first kappa shape index (κ1) is 15.5. The highest BCUT2D eigenvalue weighted by Crippen LogP contribution is 2.30. The summed E-state index contributed by atoms with van der Waals surface area (Å²) in [4.78, 5) is 4.26. The van der Waals surface area contributed by atoms with Crippen molar-refractivity contribution in [1.29, 1.82) is 0 Å². The van der Waals surface area contributed by atoms with Crippen LogP contribution in [0.2, 0.25) is 0 Å². The molecule has 0 saturated carbocycles. The molecule has 3 nitrogen and oxygen atoms in total. The van der Waals surface area contributed by atoms with Gasteiger partial charge in [-0.15, -0.1) is 0 Å². The Bertz CT molecular complexity index is 581. The van der Waals surface area contributed by atoms with Crippen molar-refractivity contribution in [3.05, 3.63) is 58.9 Å². The number of ether oxygens (including phenoxy) is 1. The summed E-state index contributed by atoms with van der Waals surface area (Å²) in [5, 5.41) is 3.63. The van der Waals surface area contributed by atoms with Crippen LogP contribution in [0.4, 0.5) is 0 Å². The number of nitrogens with one attached hydrogen (secondary N) is 1. The summed E-state index contributed by atoms with van der Waals surface area (Å²) in [6.07, 6.45) is 4.85. The standard InChI is InChI=1S/C18H24N2O/c1-5-8-20-18(15-7-6-9-19-12-15)16-10-14(3)17(21-4)11-13(16)2/h6-7,9-12,18,20H,5,8H2,1-4H3. The molecule has 0 spiro atoms. The number of hydrogen-bond acceptors (Lipinski definition) is 3. The van der Waals surface area contributed by atoms with Crippen molar-refractivity contribution >= 4 is 0 Å². The molecule has 0 radical (unpaired) electrons. The largest absolute Gasteiger partial charge is 0.496 e. The van der Waals surface area contributed by atoms with E-state index in [1.165, 1.54) is 16.7 Å². The molecule has 1 aromatic carbocycles. The van der Waals surface area contributed by atoms with Gasteiger partial charge in [0.15, 0.2) is 0 Å². The van der Waals surface area contributed by atoms with E-state index < -0.39 is 0 Å². The van der Waals surface area contributed by atoms with Crippen LogP contribution in [0.15, 0.2) is 36.7 Å². The van der Waals surface area contributed by atoms with Crippen molar-refractivity contribution in [2.45, 2.75) is 33.2 Å². The maximum atomic E-state index is 5.41. The first-order valence-electron chi connectivity index (χ1n) is 7.45. The molecule has 2 rings (SSSR count). The van der Waals surface area contributed by atoms with Gasteiger partial charge in [0.2, 0.25) is 0 Å². The lowest BCUT2D eigenvalue weighted by Crippen LogP contribution is -2.24. The van der Waals surface area contributed by atoms with Crippen molar-refractivity contribution in [2.75, 3.05) is 13.7 Å². The van der Waals surface area contributed by atoms with Gasteiger partial charge in [0.1, 0.15) is 5.75 Å². The lowest BCUT2D eigenvalue weighted by atomic mass is 9.94. The summed E-state index contributed by atoms with van der Waals surface area (Å²) < 4.78 is 5.41. The number of rotatable bonds is 6. The summed E-state index contributed by atoms with van der Waals surface area (Å²) in [6, 6.07) is 8.61. The fraction of sp³-hybridized carbons (Fsp3) is 0.389. The van der Waals surface area contributed by atoms with E-state index in [0.29, 0.717) is 0 Å². The fourth-order valence-electron chi connectivity index (χ4n) is 2.59. The summed E-state index contributed by atoms with van der Waals surface area (Å²) >= 11 is 0. The summed E-state index contributed by atoms with van der Waals surface area (Å²) in [5.74, 6) is 0.941. The van der Waals surface area contributed by atoms with Crippen molar-refractivity contribution in [1.82, 2.24) is 10.3 Å². The molecule has 2 aromatic rings. The molecule has 0 bridgehead atoms. The number of benzene rings is 1. The molecule has 21 heavy (non-hydrogen) atoms. The Kier molecular flexibility index (Phi) is 5.34. The molecular weight excluding hydrogens is 260 g/mol. The predicted octanol–water partition coefficient (Wildman–Crippen LogP) is 3.80. The maximum Gasteiger partial charge on any atom is 0.122 e. The maximum absolute atomic E-state index is 5.41. The second kappa shape index (κ2) is 7.23. The van der Waals surface area contributed by atoms with Crippen LogP contribution in [0.25, 0.3) is 0 Å². The average molecular weight is 284 g/mol. The smallest absolute Gasteiger partial charge is 0.122 e. The van der Waals surface area contributed by atoms with Gasteiger partial charge in [0, 0.05) is 12.4 Å². The Balaban J connectivity index is 2.44. The molecule has 0 aliphatic heterocycles. The molecular formula is C18H24N2O. The van der Waals surface area contributed by atoms with E-state index in [9.17, 15) is 0 Å². The molecule has 0 saturated heterocycles. The SMILES string of the molecule is CCCNC(c1cccnc1)c1cc(C)c(OC)cc1C. The van der Waals surface area contributed by atoms with Crippen molar-refractivity contribution < 1.29 is 4.74 Å². The van der Waals surface area contributed by atoms with E-state index in [2.05, 4.69) is 49.3 Å². The van der Waals surface area contributed by atoms with E-state index >= 15 is 0 Å². The molecule has 0 amide bonds. The van der Waals surface area contributed by atoms with Crippen LogP contribution in [0.1, 0.15) is 41.6 Å². The third-order valence-electron chi connectivity index (χ3n) is 3.71.